The number of hydrogen-bond acceptors (Lipinski definition) is 3. The molecule has 3 rings (SSSR count). The van der Waals surface area contributed by atoms with Gasteiger partial charge >= 0.3 is 0 Å². The first-order valence-electron chi connectivity index (χ1n) is 6.68. The maximum absolute atomic E-state index is 12.9. The summed E-state index contributed by atoms with van der Waals surface area (Å²) in [5.41, 5.74) is 2.11. The van der Waals surface area contributed by atoms with E-state index in [1.807, 2.05) is 6.07 Å². The van der Waals surface area contributed by atoms with E-state index in [0.29, 0.717) is 6.04 Å². The number of furan rings is 1. The highest BCUT2D eigenvalue weighted by molar-refractivity contribution is 5.24. The Morgan fingerprint density at radius 1 is 1.42 bits per heavy atom. The molecule has 0 aliphatic heterocycles. The number of rotatable bonds is 3. The predicted octanol–water partition coefficient (Wildman–Crippen LogP) is 3.54. The first kappa shape index (κ1) is 12.4. The second-order valence-corrected chi connectivity index (χ2v) is 5.03. The van der Waals surface area contributed by atoms with Crippen LogP contribution in [0.25, 0.3) is 0 Å². The number of aryl methyl sites for hydroxylation is 1. The molecular formula is C15H17FN2O. The highest BCUT2D eigenvalue weighted by atomic mass is 19.1. The number of fused-ring (bicyclic) bond motifs is 1. The zero-order chi connectivity index (χ0) is 13.2. The van der Waals surface area contributed by atoms with Crippen LogP contribution in [0.4, 0.5) is 4.39 Å². The molecule has 100 valence electrons. The molecule has 2 atom stereocenters. The monoisotopic (exact) mass is 260 g/mol. The average Bonchev–Trinajstić information content (AvgIpc) is 2.89. The van der Waals surface area contributed by atoms with Crippen LogP contribution in [0.2, 0.25) is 0 Å². The maximum atomic E-state index is 12.9. The van der Waals surface area contributed by atoms with E-state index >= 15 is 0 Å². The van der Waals surface area contributed by atoms with Gasteiger partial charge in [-0.3, -0.25) is 4.98 Å². The van der Waals surface area contributed by atoms with Gasteiger partial charge in [-0.2, -0.15) is 0 Å². The molecule has 1 aliphatic rings. The van der Waals surface area contributed by atoms with Gasteiger partial charge in [-0.1, -0.05) is 0 Å². The van der Waals surface area contributed by atoms with E-state index in [0.717, 1.165) is 30.7 Å². The van der Waals surface area contributed by atoms with Gasteiger partial charge in [0.15, 0.2) is 0 Å². The minimum atomic E-state index is -0.300. The quantitative estimate of drug-likeness (QED) is 0.917. The van der Waals surface area contributed by atoms with E-state index in [2.05, 4.69) is 17.2 Å². The van der Waals surface area contributed by atoms with Crippen molar-refractivity contribution < 1.29 is 8.81 Å². The Bertz CT molecular complexity index is 550. The van der Waals surface area contributed by atoms with E-state index < -0.39 is 0 Å². The number of aromatic nitrogens is 1. The van der Waals surface area contributed by atoms with Crippen molar-refractivity contribution in [3.05, 3.63) is 53.5 Å². The molecule has 19 heavy (non-hydrogen) atoms. The Balaban J connectivity index is 1.74. The van der Waals surface area contributed by atoms with Crippen molar-refractivity contribution in [2.24, 2.45) is 0 Å². The lowest BCUT2D eigenvalue weighted by molar-refractivity contribution is 0.382. The highest BCUT2D eigenvalue weighted by Gasteiger charge is 2.24. The molecule has 0 fully saturated rings. The first-order chi connectivity index (χ1) is 9.24. The lowest BCUT2D eigenvalue weighted by atomic mass is 9.92. The van der Waals surface area contributed by atoms with Gasteiger partial charge in [0.05, 0.1) is 18.2 Å². The Morgan fingerprint density at radius 3 is 3.11 bits per heavy atom. The topological polar surface area (TPSA) is 38.1 Å². The molecule has 4 heteroatoms. The molecule has 0 amide bonds. The molecule has 2 unspecified atom stereocenters. The summed E-state index contributed by atoms with van der Waals surface area (Å²) in [5.74, 6) is 0.786. The fourth-order valence-corrected chi connectivity index (χ4v) is 2.69. The predicted molar refractivity (Wildman–Crippen MR) is 70.1 cm³/mol. The van der Waals surface area contributed by atoms with Crippen LogP contribution in [0.15, 0.2) is 35.1 Å². The molecule has 0 aromatic carbocycles. The third kappa shape index (κ3) is 2.54. The van der Waals surface area contributed by atoms with E-state index in [-0.39, 0.29) is 11.9 Å². The molecule has 1 N–H and O–H groups in total. The minimum absolute atomic E-state index is 0.0893. The van der Waals surface area contributed by atoms with Gasteiger partial charge in [-0.25, -0.2) is 4.39 Å². The molecule has 0 saturated heterocycles. The second kappa shape index (κ2) is 5.13. The van der Waals surface area contributed by atoms with Gasteiger partial charge < -0.3 is 9.73 Å². The summed E-state index contributed by atoms with van der Waals surface area (Å²) in [6, 6.07) is 5.60. The Morgan fingerprint density at radius 2 is 2.32 bits per heavy atom. The fraction of sp³-hybridized carbons (Fsp3) is 0.400. The molecule has 3 nitrogen and oxygen atoms in total. The van der Waals surface area contributed by atoms with Gasteiger partial charge in [0.1, 0.15) is 11.6 Å². The molecular weight excluding hydrogens is 243 g/mol. The fourth-order valence-electron chi connectivity index (χ4n) is 2.69. The number of hydrogen-bond donors (Lipinski definition) is 1. The van der Waals surface area contributed by atoms with Crippen LogP contribution in [0.1, 0.15) is 48.9 Å². The van der Waals surface area contributed by atoms with Crippen LogP contribution in [0.5, 0.6) is 0 Å². The zero-order valence-corrected chi connectivity index (χ0v) is 10.9. The van der Waals surface area contributed by atoms with Gasteiger partial charge in [-0.15, -0.1) is 0 Å². The Labute approximate surface area is 111 Å². The third-order valence-electron chi connectivity index (χ3n) is 3.70. The summed E-state index contributed by atoms with van der Waals surface area (Å²) in [7, 11) is 0. The van der Waals surface area contributed by atoms with E-state index in [9.17, 15) is 4.39 Å². The third-order valence-corrected chi connectivity index (χ3v) is 3.70. The number of nitrogens with zero attached hydrogens (tertiary/aromatic N) is 1. The summed E-state index contributed by atoms with van der Waals surface area (Å²) < 4.78 is 18.4. The van der Waals surface area contributed by atoms with Crippen LogP contribution in [-0.4, -0.2) is 4.98 Å². The van der Waals surface area contributed by atoms with Crippen molar-refractivity contribution >= 4 is 0 Å². The molecule has 0 radical (unpaired) electrons. The van der Waals surface area contributed by atoms with Crippen molar-refractivity contribution in [1.29, 1.82) is 0 Å². The SMILES string of the molecule is CC(NC1CCCc2occc21)c1ccc(F)cn1. The molecule has 0 spiro atoms. The molecule has 1 aliphatic carbocycles. The summed E-state index contributed by atoms with van der Waals surface area (Å²) in [6.45, 7) is 2.05. The van der Waals surface area contributed by atoms with Crippen LogP contribution in [0, 0.1) is 5.82 Å². The molecule has 0 saturated carbocycles. The van der Waals surface area contributed by atoms with Gasteiger partial charge in [0.2, 0.25) is 0 Å². The van der Waals surface area contributed by atoms with Crippen LogP contribution in [-0.2, 0) is 6.42 Å². The van der Waals surface area contributed by atoms with Crippen molar-refractivity contribution in [1.82, 2.24) is 10.3 Å². The lowest BCUT2D eigenvalue weighted by Crippen LogP contribution is -2.27. The molecule has 2 heterocycles. The van der Waals surface area contributed by atoms with E-state index in [4.69, 9.17) is 4.42 Å². The maximum Gasteiger partial charge on any atom is 0.141 e. The minimum Gasteiger partial charge on any atom is -0.469 e. The van der Waals surface area contributed by atoms with Crippen molar-refractivity contribution in [3.63, 3.8) is 0 Å². The van der Waals surface area contributed by atoms with Crippen molar-refractivity contribution in [3.8, 4) is 0 Å². The summed E-state index contributed by atoms with van der Waals surface area (Å²) in [5, 5.41) is 3.55. The Kier molecular flexibility index (Phi) is 3.34. The molecule has 0 bridgehead atoms. The van der Waals surface area contributed by atoms with Gasteiger partial charge in [0.25, 0.3) is 0 Å². The van der Waals surface area contributed by atoms with E-state index in [1.54, 1.807) is 12.3 Å². The number of nitrogens with one attached hydrogen (secondary N) is 1. The Hall–Kier alpha value is -1.68. The highest BCUT2D eigenvalue weighted by Crippen LogP contribution is 2.32. The number of pyridine rings is 1. The zero-order valence-electron chi connectivity index (χ0n) is 10.9. The van der Waals surface area contributed by atoms with E-state index in [1.165, 1.54) is 17.8 Å². The normalized spacial score (nSPS) is 20.0. The molecule has 2 aromatic rings. The standard InChI is InChI=1S/C15H17FN2O/c1-10(13-6-5-11(16)9-17-13)18-14-3-2-4-15-12(14)7-8-19-15/h5-10,14,18H,2-4H2,1H3. The molecule has 2 aromatic heterocycles. The smallest absolute Gasteiger partial charge is 0.141 e. The van der Waals surface area contributed by atoms with Crippen molar-refractivity contribution in [2.75, 3.05) is 0 Å². The van der Waals surface area contributed by atoms with Crippen LogP contribution in [0.3, 0.4) is 0 Å². The van der Waals surface area contributed by atoms with Crippen LogP contribution < -0.4 is 5.32 Å². The van der Waals surface area contributed by atoms with Crippen molar-refractivity contribution in [2.45, 2.75) is 38.3 Å². The summed E-state index contributed by atoms with van der Waals surface area (Å²) in [6.07, 6.45) is 6.26. The average molecular weight is 260 g/mol. The van der Waals surface area contributed by atoms with Gasteiger partial charge in [0, 0.05) is 24.1 Å². The largest absolute Gasteiger partial charge is 0.469 e. The van der Waals surface area contributed by atoms with Crippen LogP contribution >= 0.6 is 0 Å². The number of halogens is 1. The first-order valence-corrected chi connectivity index (χ1v) is 6.68. The van der Waals surface area contributed by atoms with Gasteiger partial charge in [-0.05, 0) is 38.0 Å². The lowest BCUT2D eigenvalue weighted by Gasteiger charge is -2.26. The summed E-state index contributed by atoms with van der Waals surface area (Å²) in [4.78, 5) is 4.13. The summed E-state index contributed by atoms with van der Waals surface area (Å²) >= 11 is 0. The second-order valence-electron chi connectivity index (χ2n) is 5.03.